The van der Waals surface area contributed by atoms with Crippen molar-refractivity contribution in [3.8, 4) is 0 Å². The van der Waals surface area contributed by atoms with Crippen LogP contribution >= 0.6 is 35.0 Å². The highest BCUT2D eigenvalue weighted by molar-refractivity contribution is 7.99. The molecule has 0 heterocycles. The Hall–Kier alpha value is -1.76. The lowest BCUT2D eigenvalue weighted by Crippen LogP contribution is -2.48. The third-order valence-electron chi connectivity index (χ3n) is 4.63. The minimum absolute atomic E-state index is 0.122. The molecule has 1 unspecified atom stereocenters. The molecule has 2 aromatic carbocycles. The third kappa shape index (κ3) is 8.02. The van der Waals surface area contributed by atoms with Crippen LogP contribution in [0.3, 0.4) is 0 Å². The van der Waals surface area contributed by atoms with Crippen molar-refractivity contribution < 1.29 is 14.0 Å². The molecule has 168 valence electrons. The minimum Gasteiger partial charge on any atom is -0.354 e. The van der Waals surface area contributed by atoms with Crippen LogP contribution in [-0.4, -0.2) is 35.1 Å². The highest BCUT2D eigenvalue weighted by Crippen LogP contribution is 2.24. The Labute approximate surface area is 197 Å². The van der Waals surface area contributed by atoms with Crippen LogP contribution in [0.1, 0.15) is 31.9 Å². The van der Waals surface area contributed by atoms with Gasteiger partial charge in [0.1, 0.15) is 11.9 Å². The first-order chi connectivity index (χ1) is 14.7. The van der Waals surface area contributed by atoms with E-state index in [4.69, 9.17) is 23.2 Å². The number of carbonyl (C=O) groups is 2. The Morgan fingerprint density at radius 1 is 1.10 bits per heavy atom. The van der Waals surface area contributed by atoms with E-state index in [9.17, 15) is 14.0 Å². The van der Waals surface area contributed by atoms with Gasteiger partial charge < -0.3 is 10.2 Å². The zero-order chi connectivity index (χ0) is 23.0. The molecule has 4 nitrogen and oxygen atoms in total. The highest BCUT2D eigenvalue weighted by Gasteiger charge is 2.26. The summed E-state index contributed by atoms with van der Waals surface area (Å²) in [7, 11) is 0. The largest absolute Gasteiger partial charge is 0.354 e. The number of amides is 2. The Morgan fingerprint density at radius 2 is 1.81 bits per heavy atom. The first-order valence-electron chi connectivity index (χ1n) is 10.0. The number of benzene rings is 2. The maximum Gasteiger partial charge on any atom is 0.242 e. The molecule has 0 aliphatic rings. The molecule has 8 heteroatoms. The van der Waals surface area contributed by atoms with Crippen molar-refractivity contribution >= 4 is 46.8 Å². The van der Waals surface area contributed by atoms with E-state index in [1.165, 1.54) is 22.7 Å². The lowest BCUT2D eigenvalue weighted by molar-refractivity contribution is -0.138. The van der Waals surface area contributed by atoms with E-state index in [1.54, 1.807) is 43.3 Å². The summed E-state index contributed by atoms with van der Waals surface area (Å²) in [6.07, 6.45) is 0. The summed E-state index contributed by atoms with van der Waals surface area (Å²) >= 11 is 13.4. The van der Waals surface area contributed by atoms with E-state index < -0.39 is 6.04 Å². The predicted octanol–water partition coefficient (Wildman–Crippen LogP) is 5.56. The van der Waals surface area contributed by atoms with Gasteiger partial charge in [0.15, 0.2) is 0 Å². The molecule has 1 atom stereocenters. The molecule has 0 fully saturated rings. The minimum atomic E-state index is -0.672. The number of thioether (sulfide) groups is 1. The molecule has 31 heavy (non-hydrogen) atoms. The average molecular weight is 485 g/mol. The molecule has 0 spiro atoms. The van der Waals surface area contributed by atoms with Gasteiger partial charge in [-0.2, -0.15) is 0 Å². The lowest BCUT2D eigenvalue weighted by Gasteiger charge is -2.29. The van der Waals surface area contributed by atoms with Crippen LogP contribution < -0.4 is 5.32 Å². The van der Waals surface area contributed by atoms with Crippen molar-refractivity contribution in [2.75, 3.05) is 12.3 Å². The summed E-state index contributed by atoms with van der Waals surface area (Å²) in [5.41, 5.74) is 1.31. The number of rotatable bonds is 10. The molecule has 0 aliphatic heterocycles. The normalized spacial score (nSPS) is 12.0. The van der Waals surface area contributed by atoms with Crippen molar-refractivity contribution in [2.24, 2.45) is 5.92 Å². The molecule has 0 bridgehead atoms. The number of carbonyl (C=O) groups excluding carboxylic acids is 2. The van der Waals surface area contributed by atoms with Crippen molar-refractivity contribution in [3.63, 3.8) is 0 Å². The van der Waals surface area contributed by atoms with E-state index in [-0.39, 0.29) is 29.9 Å². The first kappa shape index (κ1) is 25.5. The lowest BCUT2D eigenvalue weighted by atomic mass is 10.1. The SMILES string of the molecule is CC(C)CNC(=O)C(C)N(Cc1ccc(Cl)c(Cl)c1)C(=O)CSCc1ccccc1F. The van der Waals surface area contributed by atoms with Gasteiger partial charge in [-0.15, -0.1) is 11.8 Å². The maximum absolute atomic E-state index is 13.8. The summed E-state index contributed by atoms with van der Waals surface area (Å²) in [6.45, 7) is 6.45. The van der Waals surface area contributed by atoms with Gasteiger partial charge in [-0.05, 0) is 42.2 Å². The van der Waals surface area contributed by atoms with E-state index in [0.29, 0.717) is 33.8 Å². The van der Waals surface area contributed by atoms with Crippen molar-refractivity contribution in [2.45, 2.75) is 39.1 Å². The molecule has 2 aromatic rings. The van der Waals surface area contributed by atoms with Crippen molar-refractivity contribution in [1.82, 2.24) is 10.2 Å². The number of hydrogen-bond acceptors (Lipinski definition) is 3. The Kier molecular flexibility index (Phi) is 10.1. The smallest absolute Gasteiger partial charge is 0.242 e. The number of hydrogen-bond donors (Lipinski definition) is 1. The molecule has 0 aromatic heterocycles. The second-order valence-electron chi connectivity index (χ2n) is 7.67. The fourth-order valence-corrected chi connectivity index (χ4v) is 4.03. The molecule has 2 amide bonds. The molecule has 0 saturated heterocycles. The van der Waals surface area contributed by atoms with Crippen molar-refractivity contribution in [1.29, 1.82) is 0 Å². The topological polar surface area (TPSA) is 49.4 Å². The van der Waals surface area contributed by atoms with Crippen LogP contribution in [0.25, 0.3) is 0 Å². The predicted molar refractivity (Wildman–Crippen MR) is 127 cm³/mol. The van der Waals surface area contributed by atoms with Gasteiger partial charge in [-0.1, -0.05) is 61.3 Å². The van der Waals surface area contributed by atoms with Gasteiger partial charge in [-0.3, -0.25) is 9.59 Å². The van der Waals surface area contributed by atoms with Crippen LogP contribution in [0.2, 0.25) is 10.0 Å². The summed E-state index contributed by atoms with van der Waals surface area (Å²) in [5.74, 6) is 0.0637. The fraction of sp³-hybridized carbons (Fsp3) is 0.391. The number of nitrogens with zero attached hydrogens (tertiary/aromatic N) is 1. The summed E-state index contributed by atoms with van der Waals surface area (Å²) < 4.78 is 13.8. The van der Waals surface area contributed by atoms with E-state index in [2.05, 4.69) is 5.32 Å². The summed E-state index contributed by atoms with van der Waals surface area (Å²) in [6, 6.07) is 10.9. The first-order valence-corrected chi connectivity index (χ1v) is 11.9. The van der Waals surface area contributed by atoms with Crippen LogP contribution in [-0.2, 0) is 21.9 Å². The molecule has 0 radical (unpaired) electrons. The second-order valence-corrected chi connectivity index (χ2v) is 9.47. The molecular weight excluding hydrogens is 458 g/mol. The van der Waals surface area contributed by atoms with Gasteiger partial charge in [0.2, 0.25) is 11.8 Å². The van der Waals surface area contributed by atoms with Gasteiger partial charge in [-0.25, -0.2) is 4.39 Å². The average Bonchev–Trinajstić information content (AvgIpc) is 2.73. The Morgan fingerprint density at radius 3 is 2.45 bits per heavy atom. The Balaban J connectivity index is 2.10. The molecule has 0 saturated carbocycles. The van der Waals surface area contributed by atoms with Crippen LogP contribution in [0.4, 0.5) is 4.39 Å². The quantitative estimate of drug-likeness (QED) is 0.480. The molecule has 2 rings (SSSR count). The molecular formula is C23H27Cl2FN2O2S. The van der Waals surface area contributed by atoms with E-state index >= 15 is 0 Å². The van der Waals surface area contributed by atoms with E-state index in [0.717, 1.165) is 5.56 Å². The van der Waals surface area contributed by atoms with Gasteiger partial charge >= 0.3 is 0 Å². The maximum atomic E-state index is 13.8. The van der Waals surface area contributed by atoms with Gasteiger partial charge in [0, 0.05) is 18.8 Å². The zero-order valence-corrected chi connectivity index (χ0v) is 20.2. The summed E-state index contributed by atoms with van der Waals surface area (Å²) in [5, 5.41) is 3.69. The van der Waals surface area contributed by atoms with Gasteiger partial charge in [0.05, 0.1) is 15.8 Å². The van der Waals surface area contributed by atoms with E-state index in [1.807, 2.05) is 13.8 Å². The van der Waals surface area contributed by atoms with Crippen LogP contribution in [0.5, 0.6) is 0 Å². The fourth-order valence-electron chi connectivity index (χ4n) is 2.82. The van der Waals surface area contributed by atoms with Crippen LogP contribution in [0, 0.1) is 11.7 Å². The second kappa shape index (κ2) is 12.3. The molecule has 1 N–H and O–H groups in total. The monoisotopic (exact) mass is 484 g/mol. The third-order valence-corrected chi connectivity index (χ3v) is 6.33. The van der Waals surface area contributed by atoms with Crippen LogP contribution in [0.15, 0.2) is 42.5 Å². The standard InChI is InChI=1S/C23H27Cl2FN2O2S/c1-15(2)11-27-23(30)16(3)28(12-17-8-9-19(24)20(25)10-17)22(29)14-31-13-18-6-4-5-7-21(18)26/h4-10,15-16H,11-14H2,1-3H3,(H,27,30). The summed E-state index contributed by atoms with van der Waals surface area (Å²) in [4.78, 5) is 27.2. The van der Waals surface area contributed by atoms with Gasteiger partial charge in [0.25, 0.3) is 0 Å². The number of nitrogens with one attached hydrogen (secondary N) is 1. The number of halogens is 3. The zero-order valence-electron chi connectivity index (χ0n) is 17.8. The Bertz CT molecular complexity index is 911. The van der Waals surface area contributed by atoms with Crippen molar-refractivity contribution in [3.05, 3.63) is 69.5 Å². The highest BCUT2D eigenvalue weighted by atomic mass is 35.5. The molecule has 0 aliphatic carbocycles.